The van der Waals surface area contributed by atoms with Gasteiger partial charge in [-0.25, -0.2) is 0 Å². The van der Waals surface area contributed by atoms with Crippen molar-refractivity contribution in [1.82, 2.24) is 0 Å². The monoisotopic (exact) mass is 224 g/mol. The van der Waals surface area contributed by atoms with Gasteiger partial charge in [0.2, 0.25) is 0 Å². The normalized spacial score (nSPS) is 22.9. The third kappa shape index (κ3) is 2.96. The van der Waals surface area contributed by atoms with Crippen molar-refractivity contribution in [1.29, 1.82) is 0 Å². The van der Waals surface area contributed by atoms with E-state index >= 15 is 0 Å². The predicted molar refractivity (Wildman–Crippen MR) is 63.4 cm³/mol. The summed E-state index contributed by atoms with van der Waals surface area (Å²) in [5.41, 5.74) is 2.48. The number of hydrogen-bond acceptors (Lipinski definition) is 1. The van der Waals surface area contributed by atoms with Crippen LogP contribution in [0.4, 0.5) is 0 Å². The zero-order valence-corrected chi connectivity index (χ0v) is 9.83. The second kappa shape index (κ2) is 5.00. The van der Waals surface area contributed by atoms with Gasteiger partial charge in [-0.2, -0.15) is 0 Å². The van der Waals surface area contributed by atoms with Gasteiger partial charge in [-0.05, 0) is 31.7 Å². The quantitative estimate of drug-likeness (QED) is 0.709. The average molecular weight is 225 g/mol. The zero-order valence-electron chi connectivity index (χ0n) is 9.08. The maximum atomic E-state index is 6.38. The predicted octanol–water partition coefficient (Wildman–Crippen LogP) is 3.84. The highest BCUT2D eigenvalue weighted by atomic mass is 35.5. The maximum absolute atomic E-state index is 6.38. The summed E-state index contributed by atoms with van der Waals surface area (Å²) in [6.07, 6.45) is 3.65. The molecule has 1 aromatic carbocycles. The van der Waals surface area contributed by atoms with Crippen molar-refractivity contribution in [2.75, 3.05) is 6.61 Å². The molecule has 1 aliphatic rings. The number of hydrogen-bond donors (Lipinski definition) is 0. The van der Waals surface area contributed by atoms with Gasteiger partial charge < -0.3 is 4.74 Å². The zero-order chi connectivity index (χ0) is 10.7. The molecule has 0 radical (unpaired) electrons. The third-order valence-electron chi connectivity index (χ3n) is 2.90. The fourth-order valence-electron chi connectivity index (χ4n) is 2.06. The van der Waals surface area contributed by atoms with Crippen molar-refractivity contribution in [2.45, 2.75) is 37.7 Å². The van der Waals surface area contributed by atoms with Gasteiger partial charge >= 0.3 is 0 Å². The number of ether oxygens (including phenoxy) is 1. The Bertz CT molecular complexity index is 318. The fourth-order valence-corrected chi connectivity index (χ4v) is 2.40. The van der Waals surface area contributed by atoms with Crippen molar-refractivity contribution in [3.05, 3.63) is 35.4 Å². The second-order valence-corrected chi connectivity index (χ2v) is 4.78. The Morgan fingerprint density at radius 3 is 3.07 bits per heavy atom. The van der Waals surface area contributed by atoms with Crippen LogP contribution in [0.2, 0.25) is 0 Å². The number of halogens is 1. The van der Waals surface area contributed by atoms with E-state index in [9.17, 15) is 0 Å². The highest BCUT2D eigenvalue weighted by Crippen LogP contribution is 2.30. The van der Waals surface area contributed by atoms with Gasteiger partial charge in [0.25, 0.3) is 0 Å². The summed E-state index contributed by atoms with van der Waals surface area (Å²) in [7, 11) is 0. The molecule has 82 valence electrons. The first-order valence-electron chi connectivity index (χ1n) is 5.58. The Morgan fingerprint density at radius 1 is 1.53 bits per heavy atom. The lowest BCUT2D eigenvalue weighted by Gasteiger charge is -2.15. The molecule has 2 heteroatoms. The summed E-state index contributed by atoms with van der Waals surface area (Å²) in [5, 5.41) is 0.0907. The minimum absolute atomic E-state index is 0.0907. The van der Waals surface area contributed by atoms with Crippen LogP contribution in [0.1, 0.15) is 35.8 Å². The average Bonchev–Trinajstić information content (AvgIpc) is 2.70. The van der Waals surface area contributed by atoms with E-state index < -0.39 is 0 Å². The largest absolute Gasteiger partial charge is 0.378 e. The Labute approximate surface area is 96.4 Å². The van der Waals surface area contributed by atoms with E-state index in [2.05, 4.69) is 31.2 Å². The summed E-state index contributed by atoms with van der Waals surface area (Å²) in [4.78, 5) is 0. The van der Waals surface area contributed by atoms with E-state index in [1.807, 2.05) is 0 Å². The van der Waals surface area contributed by atoms with Crippen LogP contribution in [-0.4, -0.2) is 12.7 Å². The molecular formula is C13H17ClO. The topological polar surface area (TPSA) is 9.23 Å². The minimum Gasteiger partial charge on any atom is -0.378 e. The second-order valence-electron chi connectivity index (χ2n) is 4.25. The van der Waals surface area contributed by atoms with Crippen LogP contribution in [-0.2, 0) is 4.74 Å². The Kier molecular flexibility index (Phi) is 3.66. The molecule has 0 spiro atoms. The lowest BCUT2D eigenvalue weighted by atomic mass is 10.0. The van der Waals surface area contributed by atoms with Crippen molar-refractivity contribution < 1.29 is 4.74 Å². The van der Waals surface area contributed by atoms with E-state index in [1.165, 1.54) is 17.5 Å². The molecule has 1 saturated heterocycles. The first-order valence-corrected chi connectivity index (χ1v) is 6.01. The van der Waals surface area contributed by atoms with Crippen molar-refractivity contribution in [2.24, 2.45) is 0 Å². The van der Waals surface area contributed by atoms with Crippen LogP contribution < -0.4 is 0 Å². The Hall–Kier alpha value is -0.530. The molecule has 0 amide bonds. The number of alkyl halides is 1. The lowest BCUT2D eigenvalue weighted by Crippen LogP contribution is -2.08. The standard InChI is InChI=1S/C13H17ClO/c1-10-4-2-5-11(8-10)13(14)9-12-6-3-7-15-12/h2,4-5,8,12-13H,3,6-7,9H2,1H3. The number of rotatable bonds is 3. The molecule has 2 atom stereocenters. The Balaban J connectivity index is 1.97. The van der Waals surface area contributed by atoms with Crippen molar-refractivity contribution in [3.8, 4) is 0 Å². The van der Waals surface area contributed by atoms with E-state index in [0.717, 1.165) is 19.4 Å². The molecule has 2 rings (SSSR count). The van der Waals surface area contributed by atoms with Gasteiger partial charge in [-0.3, -0.25) is 0 Å². The molecule has 1 aromatic rings. The van der Waals surface area contributed by atoms with Gasteiger partial charge in [-0.15, -0.1) is 11.6 Å². The molecule has 0 N–H and O–H groups in total. The molecular weight excluding hydrogens is 208 g/mol. The molecule has 15 heavy (non-hydrogen) atoms. The molecule has 2 unspecified atom stereocenters. The van der Waals surface area contributed by atoms with E-state index in [4.69, 9.17) is 16.3 Å². The molecule has 1 nitrogen and oxygen atoms in total. The van der Waals surface area contributed by atoms with Gasteiger partial charge in [0.15, 0.2) is 0 Å². The molecule has 0 bridgehead atoms. The van der Waals surface area contributed by atoms with Crippen molar-refractivity contribution >= 4 is 11.6 Å². The van der Waals surface area contributed by atoms with Gasteiger partial charge in [0.05, 0.1) is 11.5 Å². The van der Waals surface area contributed by atoms with Crippen LogP contribution in [0.15, 0.2) is 24.3 Å². The molecule has 1 fully saturated rings. The number of aryl methyl sites for hydroxylation is 1. The van der Waals surface area contributed by atoms with Crippen LogP contribution in [0.5, 0.6) is 0 Å². The number of benzene rings is 1. The molecule has 1 aliphatic heterocycles. The first-order chi connectivity index (χ1) is 7.25. The maximum Gasteiger partial charge on any atom is 0.0610 e. The summed E-state index contributed by atoms with van der Waals surface area (Å²) < 4.78 is 5.59. The van der Waals surface area contributed by atoms with Crippen molar-refractivity contribution in [3.63, 3.8) is 0 Å². The van der Waals surface area contributed by atoms with Crippen LogP contribution in [0, 0.1) is 6.92 Å². The minimum atomic E-state index is 0.0907. The molecule has 0 aliphatic carbocycles. The first kappa shape index (κ1) is 11.0. The SMILES string of the molecule is Cc1cccc(C(Cl)CC2CCCO2)c1. The molecule has 0 saturated carbocycles. The summed E-state index contributed by atoms with van der Waals surface area (Å²) in [6.45, 7) is 3.00. The van der Waals surface area contributed by atoms with Crippen LogP contribution >= 0.6 is 11.6 Å². The van der Waals surface area contributed by atoms with Crippen LogP contribution in [0.3, 0.4) is 0 Å². The molecule has 0 aromatic heterocycles. The van der Waals surface area contributed by atoms with E-state index in [-0.39, 0.29) is 5.38 Å². The summed E-state index contributed by atoms with van der Waals surface area (Å²) in [5.74, 6) is 0. The van der Waals surface area contributed by atoms with E-state index in [1.54, 1.807) is 0 Å². The van der Waals surface area contributed by atoms with Crippen LogP contribution in [0.25, 0.3) is 0 Å². The summed E-state index contributed by atoms with van der Waals surface area (Å²) in [6, 6.07) is 8.42. The summed E-state index contributed by atoms with van der Waals surface area (Å²) >= 11 is 6.38. The smallest absolute Gasteiger partial charge is 0.0610 e. The third-order valence-corrected chi connectivity index (χ3v) is 3.33. The van der Waals surface area contributed by atoms with Gasteiger partial charge in [0.1, 0.15) is 0 Å². The van der Waals surface area contributed by atoms with E-state index in [0.29, 0.717) is 6.10 Å². The Morgan fingerprint density at radius 2 is 2.40 bits per heavy atom. The fraction of sp³-hybridized carbons (Fsp3) is 0.538. The van der Waals surface area contributed by atoms with Gasteiger partial charge in [-0.1, -0.05) is 29.8 Å². The highest BCUT2D eigenvalue weighted by molar-refractivity contribution is 6.20. The highest BCUT2D eigenvalue weighted by Gasteiger charge is 2.20. The molecule has 1 heterocycles. The van der Waals surface area contributed by atoms with Gasteiger partial charge in [0, 0.05) is 6.61 Å². The lowest BCUT2D eigenvalue weighted by molar-refractivity contribution is 0.103.